The van der Waals surface area contributed by atoms with Crippen molar-refractivity contribution in [1.29, 1.82) is 0 Å². The molecule has 76 valence electrons. The SMILES string of the molecule is COC(=O)[C@@]1(O)CCCC(C)(C)C1. The van der Waals surface area contributed by atoms with Crippen molar-refractivity contribution in [2.75, 3.05) is 7.11 Å². The minimum Gasteiger partial charge on any atom is -0.467 e. The first-order valence-electron chi connectivity index (χ1n) is 4.70. The number of esters is 1. The molecule has 1 atom stereocenters. The fourth-order valence-corrected chi connectivity index (χ4v) is 2.19. The lowest BCUT2D eigenvalue weighted by molar-refractivity contribution is -0.170. The van der Waals surface area contributed by atoms with E-state index in [0.717, 1.165) is 12.8 Å². The molecule has 3 nitrogen and oxygen atoms in total. The molecule has 1 saturated carbocycles. The number of carbonyl (C=O) groups excluding carboxylic acids is 1. The number of hydrogen-bond acceptors (Lipinski definition) is 3. The third-order valence-electron chi connectivity index (χ3n) is 2.78. The van der Waals surface area contributed by atoms with Crippen LogP contribution < -0.4 is 0 Å². The van der Waals surface area contributed by atoms with E-state index >= 15 is 0 Å². The Labute approximate surface area is 79.1 Å². The van der Waals surface area contributed by atoms with Gasteiger partial charge in [-0.15, -0.1) is 0 Å². The van der Waals surface area contributed by atoms with Crippen molar-refractivity contribution in [2.45, 2.75) is 45.1 Å². The monoisotopic (exact) mass is 186 g/mol. The Kier molecular flexibility index (Phi) is 2.66. The van der Waals surface area contributed by atoms with E-state index in [1.807, 2.05) is 0 Å². The van der Waals surface area contributed by atoms with E-state index in [1.54, 1.807) is 0 Å². The molecule has 0 aromatic rings. The van der Waals surface area contributed by atoms with Gasteiger partial charge >= 0.3 is 5.97 Å². The van der Waals surface area contributed by atoms with Crippen LogP contribution in [0.25, 0.3) is 0 Å². The molecule has 0 aliphatic heterocycles. The van der Waals surface area contributed by atoms with Crippen LogP contribution in [-0.4, -0.2) is 23.8 Å². The molecule has 1 rings (SSSR count). The molecule has 3 heteroatoms. The van der Waals surface area contributed by atoms with E-state index in [1.165, 1.54) is 7.11 Å². The highest BCUT2D eigenvalue weighted by Crippen LogP contribution is 2.41. The van der Waals surface area contributed by atoms with Crippen LogP contribution in [0.4, 0.5) is 0 Å². The summed E-state index contributed by atoms with van der Waals surface area (Å²) in [7, 11) is 1.32. The molecule has 1 aliphatic carbocycles. The van der Waals surface area contributed by atoms with Gasteiger partial charge in [-0.3, -0.25) is 0 Å². The predicted molar refractivity (Wildman–Crippen MR) is 49.2 cm³/mol. The molecule has 0 aromatic carbocycles. The van der Waals surface area contributed by atoms with Gasteiger partial charge in [0.15, 0.2) is 5.60 Å². The largest absolute Gasteiger partial charge is 0.467 e. The number of ether oxygens (including phenoxy) is 1. The van der Waals surface area contributed by atoms with Crippen molar-refractivity contribution in [3.63, 3.8) is 0 Å². The minimum absolute atomic E-state index is 0.0428. The molecule has 0 bridgehead atoms. The zero-order valence-corrected chi connectivity index (χ0v) is 8.59. The fourth-order valence-electron chi connectivity index (χ4n) is 2.19. The van der Waals surface area contributed by atoms with Gasteiger partial charge in [0.1, 0.15) is 0 Å². The van der Waals surface area contributed by atoms with Gasteiger partial charge in [0.05, 0.1) is 7.11 Å². The zero-order valence-electron chi connectivity index (χ0n) is 8.59. The topological polar surface area (TPSA) is 46.5 Å². The normalized spacial score (nSPS) is 32.6. The summed E-state index contributed by atoms with van der Waals surface area (Å²) in [5.41, 5.74) is -1.20. The molecule has 1 N–H and O–H groups in total. The van der Waals surface area contributed by atoms with Gasteiger partial charge in [-0.1, -0.05) is 13.8 Å². The van der Waals surface area contributed by atoms with E-state index in [9.17, 15) is 9.90 Å². The average molecular weight is 186 g/mol. The highest BCUT2D eigenvalue weighted by atomic mass is 16.5. The number of methoxy groups -OCH3 is 1. The van der Waals surface area contributed by atoms with Gasteiger partial charge in [-0.2, -0.15) is 0 Å². The molecule has 13 heavy (non-hydrogen) atoms. The van der Waals surface area contributed by atoms with Gasteiger partial charge in [0, 0.05) is 0 Å². The Morgan fingerprint density at radius 1 is 1.38 bits per heavy atom. The van der Waals surface area contributed by atoms with Crippen LogP contribution in [0.15, 0.2) is 0 Å². The van der Waals surface area contributed by atoms with Gasteiger partial charge in [0.2, 0.25) is 0 Å². The molecule has 0 heterocycles. The highest BCUT2D eigenvalue weighted by molar-refractivity contribution is 5.79. The second-order valence-corrected chi connectivity index (χ2v) is 4.72. The van der Waals surface area contributed by atoms with Gasteiger partial charge < -0.3 is 9.84 Å². The Morgan fingerprint density at radius 2 is 2.00 bits per heavy atom. The molecular weight excluding hydrogens is 168 g/mol. The predicted octanol–water partition coefficient (Wildman–Crippen LogP) is 1.49. The highest BCUT2D eigenvalue weighted by Gasteiger charge is 2.44. The summed E-state index contributed by atoms with van der Waals surface area (Å²) < 4.78 is 4.60. The van der Waals surface area contributed by atoms with Crippen molar-refractivity contribution in [3.8, 4) is 0 Å². The Bertz CT molecular complexity index is 210. The summed E-state index contributed by atoms with van der Waals surface area (Å²) in [6.45, 7) is 4.14. The summed E-state index contributed by atoms with van der Waals surface area (Å²) in [4.78, 5) is 11.3. The van der Waals surface area contributed by atoms with Crippen molar-refractivity contribution < 1.29 is 14.6 Å². The second-order valence-electron chi connectivity index (χ2n) is 4.72. The van der Waals surface area contributed by atoms with Crippen LogP contribution in [0.3, 0.4) is 0 Å². The maximum atomic E-state index is 11.3. The van der Waals surface area contributed by atoms with Crippen LogP contribution >= 0.6 is 0 Å². The zero-order chi connectivity index (χ0) is 10.1. The second kappa shape index (κ2) is 3.29. The lowest BCUT2D eigenvalue weighted by Gasteiger charge is -2.39. The number of aliphatic hydroxyl groups is 1. The first kappa shape index (κ1) is 10.5. The average Bonchev–Trinajstić information content (AvgIpc) is 2.00. The number of rotatable bonds is 1. The van der Waals surface area contributed by atoms with Crippen molar-refractivity contribution >= 4 is 5.97 Å². The molecular formula is C10H18O3. The van der Waals surface area contributed by atoms with E-state index in [-0.39, 0.29) is 5.41 Å². The minimum atomic E-state index is -1.24. The maximum absolute atomic E-state index is 11.3. The van der Waals surface area contributed by atoms with Crippen LogP contribution in [0, 0.1) is 5.41 Å². The molecule has 1 fully saturated rings. The summed E-state index contributed by atoms with van der Waals surface area (Å²) in [6, 6.07) is 0. The molecule has 0 aromatic heterocycles. The van der Waals surface area contributed by atoms with Crippen LogP contribution in [0.2, 0.25) is 0 Å². The lowest BCUT2D eigenvalue weighted by Crippen LogP contribution is -2.46. The summed E-state index contributed by atoms with van der Waals surface area (Å²) in [5, 5.41) is 10.0. The van der Waals surface area contributed by atoms with Crippen molar-refractivity contribution in [2.24, 2.45) is 5.41 Å². The van der Waals surface area contributed by atoms with E-state index in [4.69, 9.17) is 0 Å². The quantitative estimate of drug-likeness (QED) is 0.631. The number of carbonyl (C=O) groups is 1. The van der Waals surface area contributed by atoms with Crippen molar-refractivity contribution in [3.05, 3.63) is 0 Å². The van der Waals surface area contributed by atoms with E-state index < -0.39 is 11.6 Å². The van der Waals surface area contributed by atoms with Crippen LogP contribution in [-0.2, 0) is 9.53 Å². The molecule has 0 radical (unpaired) electrons. The first-order valence-corrected chi connectivity index (χ1v) is 4.70. The van der Waals surface area contributed by atoms with Crippen molar-refractivity contribution in [1.82, 2.24) is 0 Å². The van der Waals surface area contributed by atoms with Crippen LogP contribution in [0.1, 0.15) is 39.5 Å². The molecule has 0 saturated heterocycles. The summed E-state index contributed by atoms with van der Waals surface area (Å²) in [6.07, 6.45) is 2.99. The first-order chi connectivity index (χ1) is 5.90. The van der Waals surface area contributed by atoms with Gasteiger partial charge in [-0.25, -0.2) is 4.79 Å². The third kappa shape index (κ3) is 2.21. The third-order valence-corrected chi connectivity index (χ3v) is 2.78. The summed E-state index contributed by atoms with van der Waals surface area (Å²) >= 11 is 0. The van der Waals surface area contributed by atoms with E-state index in [0.29, 0.717) is 12.8 Å². The Balaban J connectivity index is 2.74. The van der Waals surface area contributed by atoms with Crippen LogP contribution in [0.5, 0.6) is 0 Å². The number of hydrogen-bond donors (Lipinski definition) is 1. The van der Waals surface area contributed by atoms with Gasteiger partial charge in [-0.05, 0) is 31.1 Å². The smallest absolute Gasteiger partial charge is 0.337 e. The molecule has 0 unspecified atom stereocenters. The lowest BCUT2D eigenvalue weighted by atomic mass is 9.70. The Hall–Kier alpha value is -0.570. The Morgan fingerprint density at radius 3 is 2.46 bits per heavy atom. The van der Waals surface area contributed by atoms with Gasteiger partial charge in [0.25, 0.3) is 0 Å². The fraction of sp³-hybridized carbons (Fsp3) is 0.900. The standard InChI is InChI=1S/C10H18O3/c1-9(2)5-4-6-10(12,7-9)8(11)13-3/h12H,4-7H2,1-3H3/t10-/m1/s1. The molecule has 0 spiro atoms. The maximum Gasteiger partial charge on any atom is 0.337 e. The van der Waals surface area contributed by atoms with E-state index in [2.05, 4.69) is 18.6 Å². The molecule has 0 amide bonds. The summed E-state index contributed by atoms with van der Waals surface area (Å²) in [5.74, 6) is -0.486. The molecule has 1 aliphatic rings.